The lowest BCUT2D eigenvalue weighted by atomic mass is 10.0. The van der Waals surface area contributed by atoms with E-state index < -0.39 is 0 Å². The maximum atomic E-state index is 12.6. The van der Waals surface area contributed by atoms with Gasteiger partial charge in [-0.15, -0.1) is 21.5 Å². The number of carbonyl (C=O) groups is 1. The maximum absolute atomic E-state index is 12.6. The molecule has 1 fully saturated rings. The lowest BCUT2D eigenvalue weighted by molar-refractivity contribution is -0.139. The molecule has 4 heterocycles. The Balaban J connectivity index is 1.55. The number of amides is 1. The molecule has 0 aliphatic carbocycles. The second-order valence-corrected chi connectivity index (χ2v) is 7.09. The van der Waals surface area contributed by atoms with E-state index in [0.717, 1.165) is 16.4 Å². The zero-order chi connectivity index (χ0) is 17.2. The van der Waals surface area contributed by atoms with E-state index in [1.165, 1.54) is 0 Å². The van der Waals surface area contributed by atoms with E-state index in [1.807, 2.05) is 41.5 Å². The summed E-state index contributed by atoms with van der Waals surface area (Å²) >= 11 is 1.60. The van der Waals surface area contributed by atoms with E-state index in [4.69, 9.17) is 4.74 Å². The smallest absolute Gasteiger partial charge is 0.225 e. The Morgan fingerprint density at radius 2 is 2.12 bits per heavy atom. The van der Waals surface area contributed by atoms with Gasteiger partial charge in [0, 0.05) is 25.4 Å². The normalized spacial score (nSPS) is 16.3. The van der Waals surface area contributed by atoms with Crippen LogP contribution in [0.2, 0.25) is 0 Å². The van der Waals surface area contributed by atoms with E-state index in [9.17, 15) is 4.79 Å². The topological polar surface area (TPSA) is 72.6 Å². The van der Waals surface area contributed by atoms with Crippen molar-refractivity contribution in [2.75, 3.05) is 26.3 Å². The number of hydrogen-bond donors (Lipinski definition) is 0. The molecule has 25 heavy (non-hydrogen) atoms. The molecule has 1 aliphatic rings. The van der Waals surface area contributed by atoms with Crippen LogP contribution < -0.4 is 0 Å². The molecule has 130 valence electrons. The number of nitrogens with zero attached hydrogens (tertiary/aromatic N) is 5. The van der Waals surface area contributed by atoms with Gasteiger partial charge in [-0.1, -0.05) is 13.0 Å². The van der Waals surface area contributed by atoms with Crippen molar-refractivity contribution in [3.05, 3.63) is 35.3 Å². The summed E-state index contributed by atoms with van der Waals surface area (Å²) in [5.74, 6) is 0.774. The molecule has 1 saturated heterocycles. The second-order valence-electron chi connectivity index (χ2n) is 6.14. The summed E-state index contributed by atoms with van der Waals surface area (Å²) in [4.78, 5) is 15.5. The molecule has 0 unspecified atom stereocenters. The summed E-state index contributed by atoms with van der Waals surface area (Å²) in [5.41, 5.74) is 1.57. The Hall–Kier alpha value is -2.32. The van der Waals surface area contributed by atoms with Crippen molar-refractivity contribution in [1.82, 2.24) is 24.7 Å². The Labute approximate surface area is 149 Å². The van der Waals surface area contributed by atoms with Crippen molar-refractivity contribution in [2.45, 2.75) is 13.3 Å². The SMILES string of the molecule is C[C@H](Cc1ccc2nnc(-c3cccs3)n2n1)C(=O)N1CCOCC1. The van der Waals surface area contributed by atoms with Gasteiger partial charge in [-0.25, -0.2) is 0 Å². The molecule has 0 bridgehead atoms. The molecule has 1 amide bonds. The van der Waals surface area contributed by atoms with Crippen LogP contribution in [-0.2, 0) is 16.0 Å². The number of morpholine rings is 1. The highest BCUT2D eigenvalue weighted by molar-refractivity contribution is 7.13. The van der Waals surface area contributed by atoms with Gasteiger partial charge < -0.3 is 9.64 Å². The number of hydrogen-bond acceptors (Lipinski definition) is 6. The van der Waals surface area contributed by atoms with E-state index in [1.54, 1.807) is 15.9 Å². The second kappa shape index (κ2) is 6.89. The highest BCUT2D eigenvalue weighted by atomic mass is 32.1. The van der Waals surface area contributed by atoms with Crippen LogP contribution in [0.25, 0.3) is 16.3 Å². The van der Waals surface area contributed by atoms with Crippen LogP contribution >= 0.6 is 11.3 Å². The first-order valence-corrected chi connectivity index (χ1v) is 9.22. The average Bonchev–Trinajstić information content (AvgIpc) is 3.30. The fourth-order valence-electron chi connectivity index (χ4n) is 2.99. The zero-order valence-corrected chi connectivity index (χ0v) is 14.8. The van der Waals surface area contributed by atoms with Crippen molar-refractivity contribution in [3.8, 4) is 10.7 Å². The maximum Gasteiger partial charge on any atom is 0.225 e. The van der Waals surface area contributed by atoms with Gasteiger partial charge in [0.15, 0.2) is 11.5 Å². The number of carbonyl (C=O) groups excluding carboxylic acids is 1. The van der Waals surface area contributed by atoms with Gasteiger partial charge in [0.2, 0.25) is 5.91 Å². The monoisotopic (exact) mass is 357 g/mol. The van der Waals surface area contributed by atoms with Gasteiger partial charge in [-0.05, 0) is 23.6 Å². The van der Waals surface area contributed by atoms with E-state index >= 15 is 0 Å². The Kier molecular flexibility index (Phi) is 4.46. The number of rotatable bonds is 4. The first kappa shape index (κ1) is 16.2. The molecule has 7 nitrogen and oxygen atoms in total. The van der Waals surface area contributed by atoms with Crippen molar-refractivity contribution >= 4 is 22.9 Å². The highest BCUT2D eigenvalue weighted by Gasteiger charge is 2.23. The summed E-state index contributed by atoms with van der Waals surface area (Å²) in [7, 11) is 0. The summed E-state index contributed by atoms with van der Waals surface area (Å²) in [6.45, 7) is 4.53. The molecule has 3 aromatic rings. The average molecular weight is 357 g/mol. The standard InChI is InChI=1S/C17H19N5O2S/c1-12(17(23)21-6-8-24-9-7-21)11-13-4-5-15-18-19-16(22(15)20-13)14-3-2-10-25-14/h2-5,10,12H,6-9,11H2,1H3/t12-/m1/s1. The first-order chi connectivity index (χ1) is 12.2. The minimum Gasteiger partial charge on any atom is -0.378 e. The van der Waals surface area contributed by atoms with Gasteiger partial charge in [-0.3, -0.25) is 4.79 Å². The van der Waals surface area contributed by atoms with Crippen LogP contribution in [0, 0.1) is 5.92 Å². The van der Waals surface area contributed by atoms with Crippen LogP contribution in [0.15, 0.2) is 29.6 Å². The molecular formula is C17H19N5O2S. The predicted octanol–water partition coefficient (Wildman–Crippen LogP) is 1.89. The first-order valence-electron chi connectivity index (χ1n) is 8.34. The number of thiophene rings is 1. The molecule has 0 aromatic carbocycles. The van der Waals surface area contributed by atoms with Crippen LogP contribution in [0.4, 0.5) is 0 Å². The molecular weight excluding hydrogens is 338 g/mol. The third-order valence-corrected chi connectivity index (χ3v) is 5.19. The Morgan fingerprint density at radius 1 is 1.28 bits per heavy atom. The molecule has 4 rings (SSSR count). The lowest BCUT2D eigenvalue weighted by Crippen LogP contribution is -2.43. The molecule has 0 radical (unpaired) electrons. The van der Waals surface area contributed by atoms with Crippen LogP contribution in [0.3, 0.4) is 0 Å². The molecule has 0 saturated carbocycles. The quantitative estimate of drug-likeness (QED) is 0.713. The van der Waals surface area contributed by atoms with Crippen molar-refractivity contribution in [1.29, 1.82) is 0 Å². The van der Waals surface area contributed by atoms with Crippen LogP contribution in [0.1, 0.15) is 12.6 Å². The van der Waals surface area contributed by atoms with Crippen LogP contribution in [0.5, 0.6) is 0 Å². The molecule has 3 aromatic heterocycles. The fraction of sp³-hybridized carbons (Fsp3) is 0.412. The van der Waals surface area contributed by atoms with Gasteiger partial charge in [0.05, 0.1) is 23.8 Å². The van der Waals surface area contributed by atoms with Gasteiger partial charge in [0.1, 0.15) is 0 Å². The fourth-order valence-corrected chi connectivity index (χ4v) is 3.69. The minimum atomic E-state index is -0.121. The number of aromatic nitrogens is 4. The summed E-state index contributed by atoms with van der Waals surface area (Å²) < 4.78 is 7.07. The largest absolute Gasteiger partial charge is 0.378 e. The number of ether oxygens (including phenoxy) is 1. The van der Waals surface area contributed by atoms with Gasteiger partial charge in [-0.2, -0.15) is 9.61 Å². The summed E-state index contributed by atoms with van der Waals surface area (Å²) in [5, 5.41) is 15.1. The van der Waals surface area contributed by atoms with Crippen LogP contribution in [-0.4, -0.2) is 56.9 Å². The molecule has 1 aliphatic heterocycles. The number of fused-ring (bicyclic) bond motifs is 1. The Morgan fingerprint density at radius 3 is 2.88 bits per heavy atom. The zero-order valence-electron chi connectivity index (χ0n) is 14.0. The molecule has 0 spiro atoms. The van der Waals surface area contributed by atoms with E-state index in [-0.39, 0.29) is 11.8 Å². The Bertz CT molecular complexity index is 870. The van der Waals surface area contributed by atoms with E-state index in [2.05, 4.69) is 15.3 Å². The van der Waals surface area contributed by atoms with Crippen molar-refractivity contribution in [3.63, 3.8) is 0 Å². The molecule has 0 N–H and O–H groups in total. The molecule has 1 atom stereocenters. The third-order valence-electron chi connectivity index (χ3n) is 4.32. The lowest BCUT2D eigenvalue weighted by Gasteiger charge is -2.29. The van der Waals surface area contributed by atoms with Gasteiger partial charge in [0.25, 0.3) is 0 Å². The third kappa shape index (κ3) is 3.27. The van der Waals surface area contributed by atoms with Gasteiger partial charge >= 0.3 is 0 Å². The predicted molar refractivity (Wildman–Crippen MR) is 94.4 cm³/mol. The summed E-state index contributed by atoms with van der Waals surface area (Å²) in [6.07, 6.45) is 0.591. The van der Waals surface area contributed by atoms with E-state index in [0.29, 0.717) is 38.4 Å². The summed E-state index contributed by atoms with van der Waals surface area (Å²) in [6, 6.07) is 7.80. The minimum absolute atomic E-state index is 0.121. The van der Waals surface area contributed by atoms with Crippen molar-refractivity contribution < 1.29 is 9.53 Å². The van der Waals surface area contributed by atoms with Crippen molar-refractivity contribution in [2.24, 2.45) is 5.92 Å². The molecule has 8 heteroatoms. The highest BCUT2D eigenvalue weighted by Crippen LogP contribution is 2.23.